The van der Waals surface area contributed by atoms with E-state index in [1.54, 1.807) is 6.92 Å². The lowest BCUT2D eigenvalue weighted by Gasteiger charge is -2.16. The maximum absolute atomic E-state index is 12.3. The summed E-state index contributed by atoms with van der Waals surface area (Å²) in [5.74, 6) is -0.705. The number of aromatic amines is 1. The van der Waals surface area contributed by atoms with Gasteiger partial charge in [0.05, 0.1) is 12.8 Å². The Bertz CT molecular complexity index is 621. The molecule has 1 aromatic rings. The molecule has 0 amide bonds. The van der Waals surface area contributed by atoms with Crippen LogP contribution in [0.1, 0.15) is 55.8 Å². The number of aromatic nitrogens is 2. The molecule has 1 fully saturated rings. The first-order chi connectivity index (χ1) is 11.5. The van der Waals surface area contributed by atoms with E-state index in [2.05, 4.69) is 20.2 Å². The minimum atomic E-state index is -3.83. The summed E-state index contributed by atoms with van der Waals surface area (Å²) in [4.78, 5) is 11.8. The van der Waals surface area contributed by atoms with Crippen molar-refractivity contribution in [2.75, 3.05) is 19.7 Å². The molecule has 0 aromatic carbocycles. The third-order valence-electron chi connectivity index (χ3n) is 4.07. The molecule has 136 valence electrons. The maximum Gasteiger partial charge on any atom is 0.342 e. The van der Waals surface area contributed by atoms with E-state index >= 15 is 0 Å². The number of H-pyrrole nitrogens is 1. The van der Waals surface area contributed by atoms with Crippen molar-refractivity contribution in [3.63, 3.8) is 0 Å². The van der Waals surface area contributed by atoms with Crippen LogP contribution < -0.4 is 10.0 Å². The summed E-state index contributed by atoms with van der Waals surface area (Å²) in [6.07, 6.45) is 8.44. The number of hydrogen-bond acceptors (Lipinski definition) is 6. The molecule has 24 heavy (non-hydrogen) atoms. The van der Waals surface area contributed by atoms with Crippen LogP contribution in [0.2, 0.25) is 0 Å². The number of rotatable bonds is 8. The van der Waals surface area contributed by atoms with Gasteiger partial charge in [-0.3, -0.25) is 5.10 Å². The number of nitrogens with one attached hydrogen (secondary N) is 3. The van der Waals surface area contributed by atoms with Gasteiger partial charge in [-0.15, -0.1) is 0 Å². The molecule has 1 heterocycles. The maximum atomic E-state index is 12.3. The van der Waals surface area contributed by atoms with Gasteiger partial charge in [0, 0.05) is 19.1 Å². The van der Waals surface area contributed by atoms with Gasteiger partial charge in [-0.25, -0.2) is 17.9 Å². The summed E-state index contributed by atoms with van der Waals surface area (Å²) >= 11 is 0. The SMILES string of the molecule is CCOC(=O)c1cn[nH]c1S(=O)(=O)NCCNC1CCCCCC1. The third kappa shape index (κ3) is 5.29. The van der Waals surface area contributed by atoms with Crippen LogP contribution in [0.5, 0.6) is 0 Å². The number of esters is 1. The van der Waals surface area contributed by atoms with E-state index in [4.69, 9.17) is 4.74 Å². The van der Waals surface area contributed by atoms with Gasteiger partial charge in [-0.2, -0.15) is 5.10 Å². The molecule has 0 radical (unpaired) electrons. The highest BCUT2D eigenvalue weighted by atomic mass is 32.2. The van der Waals surface area contributed by atoms with Crippen molar-refractivity contribution in [2.24, 2.45) is 0 Å². The Labute approximate surface area is 142 Å². The van der Waals surface area contributed by atoms with Gasteiger partial charge in [0.25, 0.3) is 10.0 Å². The number of carbonyl (C=O) groups is 1. The lowest BCUT2D eigenvalue weighted by atomic mass is 10.1. The van der Waals surface area contributed by atoms with Crippen molar-refractivity contribution in [3.05, 3.63) is 11.8 Å². The second kappa shape index (κ2) is 9.14. The fraction of sp³-hybridized carbons (Fsp3) is 0.733. The molecule has 8 nitrogen and oxygen atoms in total. The van der Waals surface area contributed by atoms with Crippen molar-refractivity contribution in [1.29, 1.82) is 0 Å². The molecule has 0 unspecified atom stereocenters. The molecule has 2 rings (SSSR count). The van der Waals surface area contributed by atoms with Gasteiger partial charge in [0.15, 0.2) is 5.03 Å². The largest absolute Gasteiger partial charge is 0.462 e. The molecule has 1 aromatic heterocycles. The fourth-order valence-corrected chi connectivity index (χ4v) is 3.96. The zero-order valence-corrected chi connectivity index (χ0v) is 14.8. The van der Waals surface area contributed by atoms with E-state index in [1.807, 2.05) is 0 Å². The molecule has 1 aliphatic carbocycles. The average molecular weight is 358 g/mol. The number of carbonyl (C=O) groups excluding carboxylic acids is 1. The van der Waals surface area contributed by atoms with Crippen LogP contribution in [0.4, 0.5) is 0 Å². The van der Waals surface area contributed by atoms with Crippen LogP contribution in [0.3, 0.4) is 0 Å². The van der Waals surface area contributed by atoms with Crippen molar-refractivity contribution in [1.82, 2.24) is 20.2 Å². The van der Waals surface area contributed by atoms with E-state index in [1.165, 1.54) is 25.7 Å². The Morgan fingerprint density at radius 1 is 1.29 bits per heavy atom. The van der Waals surface area contributed by atoms with Gasteiger partial charge >= 0.3 is 5.97 Å². The van der Waals surface area contributed by atoms with Crippen LogP contribution >= 0.6 is 0 Å². The van der Waals surface area contributed by atoms with E-state index in [-0.39, 0.29) is 23.7 Å². The zero-order valence-electron chi connectivity index (χ0n) is 14.0. The molecule has 0 atom stereocenters. The summed E-state index contributed by atoms with van der Waals surface area (Å²) in [6, 6.07) is 0.458. The highest BCUT2D eigenvalue weighted by Gasteiger charge is 2.25. The molecular formula is C15H26N4O4S. The molecular weight excluding hydrogens is 332 g/mol. The standard InChI is InChI=1S/C15H26N4O4S/c1-2-23-15(20)13-11-17-19-14(13)24(21,22)18-10-9-16-12-7-5-3-4-6-8-12/h11-12,16,18H,2-10H2,1H3,(H,17,19). The van der Waals surface area contributed by atoms with Gasteiger partial charge in [0.1, 0.15) is 5.56 Å². The first-order valence-electron chi connectivity index (χ1n) is 8.48. The highest BCUT2D eigenvalue weighted by molar-refractivity contribution is 7.89. The Balaban J connectivity index is 1.85. The lowest BCUT2D eigenvalue weighted by molar-refractivity contribution is 0.0522. The van der Waals surface area contributed by atoms with Gasteiger partial charge < -0.3 is 10.1 Å². The molecule has 0 saturated heterocycles. The van der Waals surface area contributed by atoms with E-state index in [9.17, 15) is 13.2 Å². The first kappa shape index (κ1) is 18.9. The van der Waals surface area contributed by atoms with Crippen molar-refractivity contribution < 1.29 is 17.9 Å². The summed E-state index contributed by atoms with van der Waals surface area (Å²) < 4.78 is 31.9. The van der Waals surface area contributed by atoms with Crippen LogP contribution in [0.25, 0.3) is 0 Å². The van der Waals surface area contributed by atoms with E-state index in [0.717, 1.165) is 19.0 Å². The molecule has 0 aliphatic heterocycles. The number of hydrogen-bond donors (Lipinski definition) is 3. The van der Waals surface area contributed by atoms with Crippen molar-refractivity contribution in [2.45, 2.75) is 56.5 Å². The second-order valence-corrected chi connectivity index (χ2v) is 7.58. The van der Waals surface area contributed by atoms with Crippen LogP contribution in [0.15, 0.2) is 11.2 Å². The lowest BCUT2D eigenvalue weighted by Crippen LogP contribution is -2.37. The van der Waals surface area contributed by atoms with Gasteiger partial charge in [0.2, 0.25) is 0 Å². The van der Waals surface area contributed by atoms with Gasteiger partial charge in [-0.05, 0) is 19.8 Å². The minimum Gasteiger partial charge on any atom is -0.462 e. The molecule has 1 saturated carbocycles. The fourth-order valence-electron chi connectivity index (χ4n) is 2.85. The predicted octanol–water partition coefficient (Wildman–Crippen LogP) is 1.18. The van der Waals surface area contributed by atoms with Gasteiger partial charge in [-0.1, -0.05) is 25.7 Å². The molecule has 0 bridgehead atoms. The molecule has 3 N–H and O–H groups in total. The summed E-state index contributed by atoms with van der Waals surface area (Å²) in [7, 11) is -3.83. The first-order valence-corrected chi connectivity index (χ1v) is 9.96. The van der Waals surface area contributed by atoms with Crippen molar-refractivity contribution >= 4 is 16.0 Å². The predicted molar refractivity (Wildman–Crippen MR) is 89.2 cm³/mol. The van der Waals surface area contributed by atoms with Crippen LogP contribution in [0, 0.1) is 0 Å². The molecule has 9 heteroatoms. The van der Waals surface area contributed by atoms with Crippen LogP contribution in [-0.4, -0.2) is 50.3 Å². The second-order valence-electron chi connectivity index (χ2n) is 5.87. The third-order valence-corrected chi connectivity index (χ3v) is 5.51. The number of nitrogens with zero attached hydrogens (tertiary/aromatic N) is 1. The zero-order chi connectivity index (χ0) is 17.4. The topological polar surface area (TPSA) is 113 Å². The number of sulfonamides is 1. The summed E-state index contributed by atoms with van der Waals surface area (Å²) in [5.41, 5.74) is -0.0823. The normalized spacial score (nSPS) is 16.7. The molecule has 1 aliphatic rings. The Morgan fingerprint density at radius 3 is 2.67 bits per heavy atom. The molecule has 0 spiro atoms. The highest BCUT2D eigenvalue weighted by Crippen LogP contribution is 2.17. The minimum absolute atomic E-state index is 0.0823. The van der Waals surface area contributed by atoms with Crippen molar-refractivity contribution in [3.8, 4) is 0 Å². The van der Waals surface area contributed by atoms with Crippen LogP contribution in [-0.2, 0) is 14.8 Å². The summed E-state index contributed by atoms with van der Waals surface area (Å²) in [5, 5.41) is 9.14. The monoisotopic (exact) mass is 358 g/mol. The van der Waals surface area contributed by atoms with E-state index < -0.39 is 16.0 Å². The quantitative estimate of drug-likeness (QED) is 0.365. The smallest absolute Gasteiger partial charge is 0.342 e. The Hall–Kier alpha value is -1.45. The van der Waals surface area contributed by atoms with E-state index in [0.29, 0.717) is 12.6 Å². The Morgan fingerprint density at radius 2 is 2.00 bits per heavy atom. The Kier molecular flexibility index (Phi) is 7.19. The summed E-state index contributed by atoms with van der Waals surface area (Å²) in [6.45, 7) is 2.62. The number of ether oxygens (including phenoxy) is 1. The average Bonchev–Trinajstić information content (AvgIpc) is 2.91.